The van der Waals surface area contributed by atoms with E-state index in [2.05, 4.69) is 19.6 Å². The van der Waals surface area contributed by atoms with Gasteiger partial charge in [0.05, 0.1) is 12.2 Å². The molecule has 0 saturated heterocycles. The Labute approximate surface area is 92.3 Å². The molecule has 0 heterocycles. The average molecular weight is 210 g/mol. The highest BCUT2D eigenvalue weighted by molar-refractivity contribution is 5.33. The van der Waals surface area contributed by atoms with E-state index in [1.165, 1.54) is 0 Å². The first kappa shape index (κ1) is 12.5. The fourth-order valence-corrected chi connectivity index (χ4v) is 2.02. The van der Waals surface area contributed by atoms with Crippen molar-refractivity contribution >= 4 is 0 Å². The van der Waals surface area contributed by atoms with Crippen LogP contribution in [-0.4, -0.2) is 22.4 Å². The van der Waals surface area contributed by atoms with Gasteiger partial charge in [-0.2, -0.15) is 0 Å². The number of rotatable bonds is 4. The molecule has 2 N–H and O–H groups in total. The van der Waals surface area contributed by atoms with Crippen LogP contribution < -0.4 is 0 Å². The molecule has 0 amide bonds. The Morgan fingerprint density at radius 1 is 1.60 bits per heavy atom. The molecule has 0 unspecified atom stereocenters. The number of hydrogen-bond acceptors (Lipinski definition) is 2. The number of hydrogen-bond donors (Lipinski definition) is 2. The van der Waals surface area contributed by atoms with E-state index in [9.17, 15) is 10.2 Å². The third-order valence-electron chi connectivity index (χ3n) is 3.06. The zero-order valence-corrected chi connectivity index (χ0v) is 9.74. The van der Waals surface area contributed by atoms with E-state index in [1.54, 1.807) is 0 Å². The fraction of sp³-hybridized carbons (Fsp3) is 0.692. The molecule has 3 atom stereocenters. The summed E-state index contributed by atoms with van der Waals surface area (Å²) in [4.78, 5) is 0. The summed E-state index contributed by atoms with van der Waals surface area (Å²) in [5.41, 5.74) is 2.12. The Hall–Kier alpha value is -0.600. The summed E-state index contributed by atoms with van der Waals surface area (Å²) in [5.74, 6) is 0.180. The van der Waals surface area contributed by atoms with Gasteiger partial charge in [-0.3, -0.25) is 0 Å². The first-order valence-corrected chi connectivity index (χ1v) is 5.79. The van der Waals surface area contributed by atoms with Crippen molar-refractivity contribution in [2.45, 2.75) is 51.7 Å². The summed E-state index contributed by atoms with van der Waals surface area (Å²) < 4.78 is 0. The van der Waals surface area contributed by atoms with Crippen LogP contribution in [0.3, 0.4) is 0 Å². The molecule has 0 bridgehead atoms. The standard InChI is InChI=1S/C13H22O2/c1-4-5-12(14)8-11-6-10(3)13(15)7-9(11)2/h6,10,12-15H,2,4-5,7-8H2,1,3H3/t10-,12-,13+/m1/s1. The molecule has 1 aliphatic carbocycles. The maximum absolute atomic E-state index is 9.73. The maximum atomic E-state index is 9.73. The van der Waals surface area contributed by atoms with Gasteiger partial charge in [-0.1, -0.05) is 32.9 Å². The van der Waals surface area contributed by atoms with Crippen LogP contribution in [0.1, 0.15) is 39.5 Å². The molecule has 2 nitrogen and oxygen atoms in total. The van der Waals surface area contributed by atoms with Gasteiger partial charge < -0.3 is 10.2 Å². The normalized spacial score (nSPS) is 28.8. The molecular weight excluding hydrogens is 188 g/mol. The molecule has 0 spiro atoms. The van der Waals surface area contributed by atoms with Gasteiger partial charge in [0.25, 0.3) is 0 Å². The minimum absolute atomic E-state index is 0.180. The Bertz CT molecular complexity index is 255. The molecule has 2 heteroatoms. The lowest BCUT2D eigenvalue weighted by Crippen LogP contribution is -2.23. The summed E-state index contributed by atoms with van der Waals surface area (Å²) in [6.45, 7) is 8.03. The Balaban J connectivity index is 2.60. The van der Waals surface area contributed by atoms with Gasteiger partial charge in [0.15, 0.2) is 0 Å². The van der Waals surface area contributed by atoms with Crippen LogP contribution in [0, 0.1) is 5.92 Å². The third kappa shape index (κ3) is 3.47. The largest absolute Gasteiger partial charge is 0.393 e. The highest BCUT2D eigenvalue weighted by atomic mass is 16.3. The molecule has 15 heavy (non-hydrogen) atoms. The van der Waals surface area contributed by atoms with Gasteiger partial charge in [0, 0.05) is 5.92 Å². The van der Waals surface area contributed by atoms with E-state index in [4.69, 9.17) is 0 Å². The van der Waals surface area contributed by atoms with Crippen molar-refractivity contribution in [1.82, 2.24) is 0 Å². The monoisotopic (exact) mass is 210 g/mol. The van der Waals surface area contributed by atoms with E-state index in [0.29, 0.717) is 12.8 Å². The van der Waals surface area contributed by atoms with Gasteiger partial charge in [-0.05, 0) is 30.4 Å². The van der Waals surface area contributed by atoms with Gasteiger partial charge in [-0.25, -0.2) is 0 Å². The van der Waals surface area contributed by atoms with E-state index >= 15 is 0 Å². The van der Waals surface area contributed by atoms with Crippen molar-refractivity contribution in [2.24, 2.45) is 5.92 Å². The van der Waals surface area contributed by atoms with E-state index in [0.717, 1.165) is 24.0 Å². The molecule has 86 valence electrons. The lowest BCUT2D eigenvalue weighted by molar-refractivity contribution is 0.129. The zero-order valence-electron chi connectivity index (χ0n) is 9.74. The van der Waals surface area contributed by atoms with E-state index < -0.39 is 0 Å². The van der Waals surface area contributed by atoms with Gasteiger partial charge in [-0.15, -0.1) is 0 Å². The van der Waals surface area contributed by atoms with Crippen LogP contribution >= 0.6 is 0 Å². The molecule has 1 rings (SSSR count). The number of aliphatic hydroxyl groups excluding tert-OH is 2. The van der Waals surface area contributed by atoms with Crippen molar-refractivity contribution in [3.05, 3.63) is 23.8 Å². The van der Waals surface area contributed by atoms with Crippen LogP contribution in [0.5, 0.6) is 0 Å². The molecule has 0 radical (unpaired) electrons. The zero-order chi connectivity index (χ0) is 11.4. The summed E-state index contributed by atoms with van der Waals surface area (Å²) in [5, 5.41) is 19.4. The molecule has 0 aromatic rings. The predicted octanol–water partition coefficient (Wildman–Crippen LogP) is 2.42. The van der Waals surface area contributed by atoms with Crippen LogP contribution in [0.2, 0.25) is 0 Å². The molecule has 0 fully saturated rings. The first-order valence-electron chi connectivity index (χ1n) is 5.79. The van der Waals surface area contributed by atoms with Crippen LogP contribution in [-0.2, 0) is 0 Å². The SMILES string of the molecule is C=C1C[C@H](O)[C@H](C)C=C1C[C@H](O)CCC. The Kier molecular flexibility index (Phi) is 4.55. The summed E-state index contributed by atoms with van der Waals surface area (Å²) in [6.07, 6.45) is 4.65. The van der Waals surface area contributed by atoms with E-state index in [1.807, 2.05) is 6.92 Å². The summed E-state index contributed by atoms with van der Waals surface area (Å²) in [6, 6.07) is 0. The summed E-state index contributed by atoms with van der Waals surface area (Å²) >= 11 is 0. The first-order chi connectivity index (χ1) is 7.04. The Morgan fingerprint density at radius 2 is 2.27 bits per heavy atom. The Morgan fingerprint density at radius 3 is 2.87 bits per heavy atom. The highest BCUT2D eigenvalue weighted by Gasteiger charge is 2.22. The van der Waals surface area contributed by atoms with Crippen LogP contribution in [0.25, 0.3) is 0 Å². The predicted molar refractivity (Wildman–Crippen MR) is 62.5 cm³/mol. The van der Waals surface area contributed by atoms with Crippen LogP contribution in [0.4, 0.5) is 0 Å². The van der Waals surface area contributed by atoms with Crippen molar-refractivity contribution in [3.63, 3.8) is 0 Å². The molecule has 0 aromatic carbocycles. The minimum Gasteiger partial charge on any atom is -0.393 e. The van der Waals surface area contributed by atoms with Crippen molar-refractivity contribution in [2.75, 3.05) is 0 Å². The highest BCUT2D eigenvalue weighted by Crippen LogP contribution is 2.30. The second-order valence-electron chi connectivity index (χ2n) is 4.57. The molecule has 0 aromatic heterocycles. The quantitative estimate of drug-likeness (QED) is 0.748. The molecular formula is C13H22O2. The topological polar surface area (TPSA) is 40.5 Å². The minimum atomic E-state index is -0.301. The second kappa shape index (κ2) is 5.47. The average Bonchev–Trinajstić information content (AvgIpc) is 2.14. The summed E-state index contributed by atoms with van der Waals surface area (Å²) in [7, 11) is 0. The lowest BCUT2D eigenvalue weighted by atomic mass is 9.83. The van der Waals surface area contributed by atoms with Gasteiger partial charge in [0.1, 0.15) is 0 Å². The van der Waals surface area contributed by atoms with Gasteiger partial charge >= 0.3 is 0 Å². The second-order valence-corrected chi connectivity index (χ2v) is 4.57. The van der Waals surface area contributed by atoms with Crippen LogP contribution in [0.15, 0.2) is 23.8 Å². The van der Waals surface area contributed by atoms with Crippen molar-refractivity contribution in [1.29, 1.82) is 0 Å². The maximum Gasteiger partial charge on any atom is 0.0640 e. The van der Waals surface area contributed by atoms with Crippen molar-refractivity contribution in [3.8, 4) is 0 Å². The molecule has 0 saturated carbocycles. The number of aliphatic hydroxyl groups is 2. The van der Waals surface area contributed by atoms with Gasteiger partial charge in [0.2, 0.25) is 0 Å². The van der Waals surface area contributed by atoms with Crippen molar-refractivity contribution < 1.29 is 10.2 Å². The van der Waals surface area contributed by atoms with E-state index in [-0.39, 0.29) is 18.1 Å². The molecule has 0 aliphatic heterocycles. The smallest absolute Gasteiger partial charge is 0.0640 e. The third-order valence-corrected chi connectivity index (χ3v) is 3.06. The fourth-order valence-electron chi connectivity index (χ4n) is 2.02. The molecule has 1 aliphatic rings. The lowest BCUT2D eigenvalue weighted by Gasteiger charge is -2.26.